The predicted octanol–water partition coefficient (Wildman–Crippen LogP) is 1.62. The van der Waals surface area contributed by atoms with Crippen LogP contribution in [0.3, 0.4) is 0 Å². The van der Waals surface area contributed by atoms with Crippen LogP contribution in [-0.2, 0) is 13.0 Å². The van der Waals surface area contributed by atoms with Gasteiger partial charge in [-0.25, -0.2) is 9.97 Å². The van der Waals surface area contributed by atoms with Crippen LogP contribution in [0.4, 0.5) is 0 Å². The lowest BCUT2D eigenvalue weighted by Gasteiger charge is -2.05. The van der Waals surface area contributed by atoms with Gasteiger partial charge in [-0.1, -0.05) is 6.92 Å². The highest BCUT2D eigenvalue weighted by Crippen LogP contribution is 2.08. The average Bonchev–Trinajstić information content (AvgIpc) is 3.11. The van der Waals surface area contributed by atoms with E-state index in [2.05, 4.69) is 27.3 Å². The molecule has 0 bridgehead atoms. The number of fused-ring (bicyclic) bond motifs is 1. The predicted molar refractivity (Wildman–Crippen MR) is 86.3 cm³/mol. The Morgan fingerprint density at radius 3 is 3.04 bits per heavy atom. The van der Waals surface area contributed by atoms with Crippen molar-refractivity contribution in [2.24, 2.45) is 0 Å². The van der Waals surface area contributed by atoms with E-state index in [1.165, 1.54) is 0 Å². The summed E-state index contributed by atoms with van der Waals surface area (Å²) >= 11 is 0. The molecule has 0 radical (unpaired) electrons. The van der Waals surface area contributed by atoms with E-state index in [9.17, 15) is 4.79 Å². The first-order chi connectivity index (χ1) is 11.2. The molecule has 0 atom stereocenters. The van der Waals surface area contributed by atoms with Gasteiger partial charge in [0.1, 0.15) is 0 Å². The fourth-order valence-corrected chi connectivity index (χ4v) is 2.51. The fraction of sp³-hybridized carbons (Fsp3) is 0.375. The minimum atomic E-state index is -0.0910. The molecule has 7 nitrogen and oxygen atoms in total. The highest BCUT2D eigenvalue weighted by Gasteiger charge is 2.13. The Hall–Kier alpha value is -2.70. The Balaban J connectivity index is 1.58. The molecular weight excluding hydrogens is 292 g/mol. The van der Waals surface area contributed by atoms with Gasteiger partial charge in [0.25, 0.3) is 5.91 Å². The summed E-state index contributed by atoms with van der Waals surface area (Å²) in [6.45, 7) is 5.37. The number of aromatic nitrogens is 5. The second kappa shape index (κ2) is 6.60. The maximum Gasteiger partial charge on any atom is 0.254 e. The van der Waals surface area contributed by atoms with Gasteiger partial charge >= 0.3 is 0 Å². The van der Waals surface area contributed by atoms with Crippen LogP contribution in [0.1, 0.15) is 35.1 Å². The highest BCUT2D eigenvalue weighted by atomic mass is 16.1. The first-order valence-electron chi connectivity index (χ1n) is 7.78. The Kier molecular flexibility index (Phi) is 4.36. The van der Waals surface area contributed by atoms with Crippen molar-refractivity contribution >= 4 is 11.7 Å². The first kappa shape index (κ1) is 15.2. The normalized spacial score (nSPS) is 11.0. The third-order valence-electron chi connectivity index (χ3n) is 3.74. The van der Waals surface area contributed by atoms with Crippen LogP contribution in [-0.4, -0.2) is 36.6 Å². The molecule has 1 N–H and O–H groups in total. The third kappa shape index (κ3) is 3.23. The number of hydrogen-bond acceptors (Lipinski definition) is 4. The first-order valence-corrected chi connectivity index (χ1v) is 7.78. The van der Waals surface area contributed by atoms with Crippen LogP contribution < -0.4 is 5.32 Å². The van der Waals surface area contributed by atoms with Gasteiger partial charge in [-0.2, -0.15) is 5.10 Å². The second-order valence-electron chi connectivity index (χ2n) is 5.43. The molecule has 3 aromatic heterocycles. The monoisotopic (exact) mass is 312 g/mol. The van der Waals surface area contributed by atoms with Crippen molar-refractivity contribution in [3.05, 3.63) is 47.8 Å². The Labute approximate surface area is 134 Å². The van der Waals surface area contributed by atoms with E-state index < -0.39 is 0 Å². The minimum Gasteiger partial charge on any atom is -0.352 e. The molecule has 3 heterocycles. The van der Waals surface area contributed by atoms with E-state index in [-0.39, 0.29) is 5.91 Å². The van der Waals surface area contributed by atoms with E-state index in [1.54, 1.807) is 12.4 Å². The van der Waals surface area contributed by atoms with Crippen LogP contribution in [0.15, 0.2) is 30.9 Å². The van der Waals surface area contributed by atoms with Gasteiger partial charge < -0.3 is 5.32 Å². The van der Waals surface area contributed by atoms with Crippen molar-refractivity contribution < 1.29 is 4.79 Å². The lowest BCUT2D eigenvalue weighted by atomic mass is 10.2. The summed E-state index contributed by atoms with van der Waals surface area (Å²) in [4.78, 5) is 20.8. The SMILES string of the molecule is CCCn1ncc(C(=O)NCCc2cn3cccnc3n2)c1C. The lowest BCUT2D eigenvalue weighted by Crippen LogP contribution is -2.26. The van der Waals surface area contributed by atoms with Crippen LogP contribution >= 0.6 is 0 Å². The molecule has 0 aromatic carbocycles. The number of aryl methyl sites for hydroxylation is 1. The van der Waals surface area contributed by atoms with Crippen molar-refractivity contribution in [2.45, 2.75) is 33.2 Å². The van der Waals surface area contributed by atoms with E-state index in [4.69, 9.17) is 0 Å². The van der Waals surface area contributed by atoms with Gasteiger partial charge in [0.15, 0.2) is 0 Å². The molecule has 0 spiro atoms. The number of carbonyl (C=O) groups excluding carboxylic acids is 1. The largest absolute Gasteiger partial charge is 0.352 e. The van der Waals surface area contributed by atoms with Gasteiger partial charge in [0.05, 0.1) is 17.5 Å². The molecule has 0 saturated carbocycles. The number of nitrogens with one attached hydrogen (secondary N) is 1. The number of amides is 1. The van der Waals surface area contributed by atoms with E-state index in [1.807, 2.05) is 34.5 Å². The molecule has 0 aliphatic carbocycles. The van der Waals surface area contributed by atoms with Crippen molar-refractivity contribution in [3.63, 3.8) is 0 Å². The van der Waals surface area contributed by atoms with Crippen LogP contribution in [0.25, 0.3) is 5.78 Å². The molecule has 3 aromatic rings. The van der Waals surface area contributed by atoms with Gasteiger partial charge in [0.2, 0.25) is 5.78 Å². The van der Waals surface area contributed by atoms with E-state index >= 15 is 0 Å². The van der Waals surface area contributed by atoms with Crippen molar-refractivity contribution in [3.8, 4) is 0 Å². The van der Waals surface area contributed by atoms with Gasteiger partial charge in [-0.05, 0) is 19.4 Å². The topological polar surface area (TPSA) is 77.1 Å². The van der Waals surface area contributed by atoms with E-state index in [0.29, 0.717) is 24.3 Å². The number of hydrogen-bond donors (Lipinski definition) is 1. The van der Waals surface area contributed by atoms with Crippen molar-refractivity contribution in [1.82, 2.24) is 29.5 Å². The standard InChI is InChI=1S/C16H20N6O/c1-3-8-22-12(2)14(10-19-22)15(23)17-7-5-13-11-21-9-4-6-18-16(21)20-13/h4,6,9-11H,3,5,7-8H2,1-2H3,(H,17,23). The summed E-state index contributed by atoms with van der Waals surface area (Å²) in [5.74, 6) is 0.581. The lowest BCUT2D eigenvalue weighted by molar-refractivity contribution is 0.0953. The molecule has 0 aliphatic heterocycles. The zero-order valence-electron chi connectivity index (χ0n) is 13.4. The Morgan fingerprint density at radius 2 is 2.26 bits per heavy atom. The summed E-state index contributed by atoms with van der Waals surface area (Å²) in [6.07, 6.45) is 8.84. The molecular formula is C16H20N6O. The zero-order valence-corrected chi connectivity index (χ0v) is 13.4. The Morgan fingerprint density at radius 1 is 1.39 bits per heavy atom. The van der Waals surface area contributed by atoms with Crippen molar-refractivity contribution in [1.29, 1.82) is 0 Å². The van der Waals surface area contributed by atoms with Crippen molar-refractivity contribution in [2.75, 3.05) is 6.54 Å². The fourth-order valence-electron chi connectivity index (χ4n) is 2.51. The second-order valence-corrected chi connectivity index (χ2v) is 5.43. The van der Waals surface area contributed by atoms with Crippen LogP contribution in [0.5, 0.6) is 0 Å². The highest BCUT2D eigenvalue weighted by molar-refractivity contribution is 5.95. The van der Waals surface area contributed by atoms with Gasteiger partial charge in [-0.15, -0.1) is 0 Å². The van der Waals surface area contributed by atoms with Crippen LogP contribution in [0.2, 0.25) is 0 Å². The molecule has 0 unspecified atom stereocenters. The maximum absolute atomic E-state index is 12.2. The summed E-state index contributed by atoms with van der Waals surface area (Å²) in [5, 5.41) is 7.18. The maximum atomic E-state index is 12.2. The number of rotatable bonds is 6. The van der Waals surface area contributed by atoms with E-state index in [0.717, 1.165) is 24.4 Å². The number of carbonyl (C=O) groups is 1. The molecule has 0 saturated heterocycles. The molecule has 3 rings (SSSR count). The summed E-state index contributed by atoms with van der Waals surface area (Å²) in [6, 6.07) is 1.86. The molecule has 0 fully saturated rings. The third-order valence-corrected chi connectivity index (χ3v) is 3.74. The summed E-state index contributed by atoms with van der Waals surface area (Å²) in [7, 11) is 0. The molecule has 23 heavy (non-hydrogen) atoms. The average molecular weight is 312 g/mol. The smallest absolute Gasteiger partial charge is 0.254 e. The quantitative estimate of drug-likeness (QED) is 0.750. The number of imidazole rings is 1. The molecule has 0 aliphatic rings. The number of nitrogens with zero attached hydrogens (tertiary/aromatic N) is 5. The summed E-state index contributed by atoms with van der Waals surface area (Å²) in [5.41, 5.74) is 2.44. The molecule has 1 amide bonds. The van der Waals surface area contributed by atoms with Gasteiger partial charge in [0, 0.05) is 43.8 Å². The Bertz CT molecular complexity index is 786. The molecule has 120 valence electrons. The molecule has 7 heteroatoms. The van der Waals surface area contributed by atoms with Crippen LogP contribution in [0, 0.1) is 6.92 Å². The summed E-state index contributed by atoms with van der Waals surface area (Å²) < 4.78 is 3.73. The van der Waals surface area contributed by atoms with Gasteiger partial charge in [-0.3, -0.25) is 13.9 Å². The zero-order chi connectivity index (χ0) is 16.2. The minimum absolute atomic E-state index is 0.0910.